The molecule has 2 heterocycles. The van der Waals surface area contributed by atoms with Crippen molar-refractivity contribution in [2.45, 2.75) is 6.18 Å². The number of thiophene rings is 1. The Bertz CT molecular complexity index is 779. The van der Waals surface area contributed by atoms with Crippen molar-refractivity contribution in [2.75, 3.05) is 0 Å². The highest BCUT2D eigenvalue weighted by atomic mass is 32.1. The molecule has 3 aromatic rings. The lowest BCUT2D eigenvalue weighted by molar-refractivity contribution is -0.137. The van der Waals surface area contributed by atoms with Gasteiger partial charge in [-0.05, 0) is 23.8 Å². The molecule has 2 aromatic heterocycles. The van der Waals surface area contributed by atoms with Crippen LogP contribution in [0, 0.1) is 0 Å². The molecule has 0 spiro atoms. The minimum Gasteiger partial charge on any atom is -0.505 e. The molecule has 0 aliphatic heterocycles. The van der Waals surface area contributed by atoms with Crippen molar-refractivity contribution in [2.24, 2.45) is 0 Å². The third kappa shape index (κ3) is 2.22. The predicted octanol–water partition coefficient (Wildman–Crippen LogP) is 4.69. The highest BCUT2D eigenvalue weighted by Gasteiger charge is 2.30. The van der Waals surface area contributed by atoms with Gasteiger partial charge in [0, 0.05) is 16.5 Å². The molecule has 0 aliphatic rings. The molecule has 2 nitrogen and oxygen atoms in total. The third-order valence-corrected chi connectivity index (χ3v) is 4.10. The highest BCUT2D eigenvalue weighted by Crippen LogP contribution is 2.39. The molecule has 0 amide bonds. The molecule has 1 N–H and O–H groups in total. The number of aromatic nitrogens is 1. The standard InChI is InChI=1S/C14H8F3NOS/c15-14(16,17)10-3-1-2-8(4-10)12-5-9-6-18-7-11(19)13(9)20-12/h1-7,19H. The third-order valence-electron chi connectivity index (χ3n) is 2.88. The normalized spacial score (nSPS) is 11.9. The van der Waals surface area contributed by atoms with Crippen molar-refractivity contribution in [1.29, 1.82) is 0 Å². The van der Waals surface area contributed by atoms with Crippen molar-refractivity contribution < 1.29 is 18.3 Å². The number of hydrogen-bond donors (Lipinski definition) is 1. The lowest BCUT2D eigenvalue weighted by Crippen LogP contribution is -2.04. The number of halogens is 3. The maximum Gasteiger partial charge on any atom is 0.416 e. The Kier molecular flexibility index (Phi) is 2.90. The first kappa shape index (κ1) is 12.9. The summed E-state index contributed by atoms with van der Waals surface area (Å²) in [5.74, 6) is 0.0331. The van der Waals surface area contributed by atoms with Crippen LogP contribution in [0.2, 0.25) is 0 Å². The summed E-state index contributed by atoms with van der Waals surface area (Å²) in [6.07, 6.45) is -1.48. The van der Waals surface area contributed by atoms with Gasteiger partial charge in [0.05, 0.1) is 16.5 Å². The van der Waals surface area contributed by atoms with Gasteiger partial charge in [-0.2, -0.15) is 13.2 Å². The molecule has 0 bridgehead atoms. The van der Waals surface area contributed by atoms with Gasteiger partial charge in [0.25, 0.3) is 0 Å². The van der Waals surface area contributed by atoms with E-state index in [1.165, 1.54) is 23.6 Å². The topological polar surface area (TPSA) is 33.1 Å². The minimum atomic E-state index is -4.36. The lowest BCUT2D eigenvalue weighted by atomic mass is 10.1. The van der Waals surface area contributed by atoms with E-state index < -0.39 is 11.7 Å². The summed E-state index contributed by atoms with van der Waals surface area (Å²) >= 11 is 1.24. The number of nitrogens with zero attached hydrogens (tertiary/aromatic N) is 1. The minimum absolute atomic E-state index is 0.0331. The van der Waals surface area contributed by atoms with Gasteiger partial charge in [-0.3, -0.25) is 4.98 Å². The number of fused-ring (bicyclic) bond motifs is 1. The summed E-state index contributed by atoms with van der Waals surface area (Å²) in [5.41, 5.74) is -0.213. The zero-order valence-corrected chi connectivity index (χ0v) is 10.8. The molecule has 0 saturated heterocycles. The van der Waals surface area contributed by atoms with Crippen LogP contribution in [0.3, 0.4) is 0 Å². The fourth-order valence-electron chi connectivity index (χ4n) is 1.94. The molecule has 20 heavy (non-hydrogen) atoms. The number of rotatable bonds is 1. The molecular formula is C14H8F3NOS. The molecule has 0 aliphatic carbocycles. The van der Waals surface area contributed by atoms with E-state index in [1.54, 1.807) is 18.3 Å². The van der Waals surface area contributed by atoms with E-state index in [9.17, 15) is 18.3 Å². The molecule has 0 unspecified atom stereocenters. The maximum absolute atomic E-state index is 12.7. The number of aromatic hydroxyl groups is 1. The Labute approximate surface area is 116 Å². The molecule has 102 valence electrons. The van der Waals surface area contributed by atoms with E-state index >= 15 is 0 Å². The number of hydrogen-bond acceptors (Lipinski definition) is 3. The van der Waals surface area contributed by atoms with Crippen molar-refractivity contribution in [1.82, 2.24) is 4.98 Å². The summed E-state index contributed by atoms with van der Waals surface area (Å²) in [6, 6.07) is 6.86. The SMILES string of the molecule is Oc1cncc2cc(-c3cccc(C(F)(F)F)c3)sc12. The van der Waals surface area contributed by atoms with Crippen LogP contribution in [0.4, 0.5) is 13.2 Å². The molecule has 3 rings (SSSR count). The fraction of sp³-hybridized carbons (Fsp3) is 0.0714. The van der Waals surface area contributed by atoms with Crippen LogP contribution in [0.15, 0.2) is 42.7 Å². The van der Waals surface area contributed by atoms with Gasteiger partial charge in [0.15, 0.2) is 5.75 Å². The zero-order chi connectivity index (χ0) is 14.3. The van der Waals surface area contributed by atoms with E-state index in [4.69, 9.17) is 0 Å². The molecule has 6 heteroatoms. The number of alkyl halides is 3. The quantitative estimate of drug-likeness (QED) is 0.706. The van der Waals surface area contributed by atoms with Crippen LogP contribution in [0.1, 0.15) is 5.56 Å². The smallest absolute Gasteiger partial charge is 0.416 e. The maximum atomic E-state index is 12.7. The molecule has 0 radical (unpaired) electrons. The molecule has 0 fully saturated rings. The average molecular weight is 295 g/mol. The van der Waals surface area contributed by atoms with E-state index in [0.717, 1.165) is 12.1 Å². The Balaban J connectivity index is 2.14. The monoisotopic (exact) mass is 295 g/mol. The highest BCUT2D eigenvalue weighted by molar-refractivity contribution is 7.22. The van der Waals surface area contributed by atoms with Crippen molar-refractivity contribution in [3.05, 3.63) is 48.3 Å². The van der Waals surface area contributed by atoms with E-state index in [2.05, 4.69) is 4.98 Å². The van der Waals surface area contributed by atoms with Gasteiger partial charge in [0.2, 0.25) is 0 Å². The van der Waals surface area contributed by atoms with Gasteiger partial charge < -0.3 is 5.11 Å². The molecule has 1 aromatic carbocycles. The largest absolute Gasteiger partial charge is 0.505 e. The average Bonchev–Trinajstić information content (AvgIpc) is 2.83. The van der Waals surface area contributed by atoms with Gasteiger partial charge >= 0.3 is 6.18 Å². The molecule has 0 saturated carbocycles. The zero-order valence-electron chi connectivity index (χ0n) is 9.98. The summed E-state index contributed by atoms with van der Waals surface area (Å²) in [6.45, 7) is 0. The van der Waals surface area contributed by atoms with E-state index in [1.807, 2.05) is 0 Å². The Morgan fingerprint density at radius 1 is 1.10 bits per heavy atom. The van der Waals surface area contributed by atoms with Crippen molar-refractivity contribution in [3.63, 3.8) is 0 Å². The van der Waals surface area contributed by atoms with Crippen LogP contribution in [-0.2, 0) is 6.18 Å². The number of pyridine rings is 1. The van der Waals surface area contributed by atoms with Gasteiger partial charge in [-0.15, -0.1) is 11.3 Å². The summed E-state index contributed by atoms with van der Waals surface area (Å²) < 4.78 is 38.7. The van der Waals surface area contributed by atoms with Crippen molar-refractivity contribution in [3.8, 4) is 16.2 Å². The second-order valence-electron chi connectivity index (χ2n) is 4.27. The van der Waals surface area contributed by atoms with Gasteiger partial charge in [-0.1, -0.05) is 12.1 Å². The second-order valence-corrected chi connectivity index (χ2v) is 5.32. The Morgan fingerprint density at radius 3 is 2.60 bits per heavy atom. The summed E-state index contributed by atoms with van der Waals surface area (Å²) in [5, 5.41) is 10.4. The fourth-order valence-corrected chi connectivity index (χ4v) is 2.98. The van der Waals surface area contributed by atoms with Crippen molar-refractivity contribution >= 4 is 21.4 Å². The Morgan fingerprint density at radius 2 is 1.90 bits per heavy atom. The van der Waals surface area contributed by atoms with E-state index in [-0.39, 0.29) is 5.75 Å². The molecular weight excluding hydrogens is 287 g/mol. The van der Waals surface area contributed by atoms with Gasteiger partial charge in [-0.25, -0.2) is 0 Å². The molecule has 0 atom stereocenters. The summed E-state index contributed by atoms with van der Waals surface area (Å²) in [7, 11) is 0. The Hall–Kier alpha value is -2.08. The van der Waals surface area contributed by atoms with Gasteiger partial charge in [0.1, 0.15) is 0 Å². The first-order valence-corrected chi connectivity index (χ1v) is 6.51. The first-order valence-electron chi connectivity index (χ1n) is 5.69. The second kappa shape index (κ2) is 4.49. The van der Waals surface area contributed by atoms with Crippen LogP contribution < -0.4 is 0 Å². The first-order chi connectivity index (χ1) is 9.45. The van der Waals surface area contributed by atoms with E-state index in [0.29, 0.717) is 20.5 Å². The van der Waals surface area contributed by atoms with Crippen LogP contribution >= 0.6 is 11.3 Å². The number of benzene rings is 1. The van der Waals surface area contributed by atoms with Crippen LogP contribution in [0.5, 0.6) is 5.75 Å². The predicted molar refractivity (Wildman–Crippen MR) is 71.7 cm³/mol. The lowest BCUT2D eigenvalue weighted by Gasteiger charge is -2.07. The van der Waals surface area contributed by atoms with Crippen LogP contribution in [-0.4, -0.2) is 10.1 Å². The summed E-state index contributed by atoms with van der Waals surface area (Å²) in [4.78, 5) is 4.51. The van der Waals surface area contributed by atoms with Crippen LogP contribution in [0.25, 0.3) is 20.5 Å².